The Morgan fingerprint density at radius 1 is 0.945 bits per heavy atom. The number of piperazine rings is 1. The van der Waals surface area contributed by atoms with Crippen LogP contribution in [0.25, 0.3) is 0 Å². The van der Waals surface area contributed by atoms with Crippen LogP contribution in [0, 0.1) is 23.3 Å². The number of phenols is 3. The minimum Gasteiger partial charge on any atom is -0.534 e. The molecule has 0 radical (unpaired) electrons. The van der Waals surface area contributed by atoms with Gasteiger partial charge in [0.25, 0.3) is 5.91 Å². The second-order valence-corrected chi connectivity index (χ2v) is 12.4. The number of phenolic OH excluding ortho intramolecular Hbond substituents is 3. The zero-order valence-electron chi connectivity index (χ0n) is 27.7. The van der Waals surface area contributed by atoms with Gasteiger partial charge in [-0.2, -0.15) is 0 Å². The maximum atomic E-state index is 14.6. The standard InChI is InChI=1S/C32H27BClF4N5O12/c34-21-13(11-16(37)24(45)25(21)46)23(28(48)40-18-10-12-2-3-15(36)20(31(51)52)26(12)55-33(18)54)41-32(53)43-9-8-42(29(49)30(43)50)7-1-6-39-27(47)19-14(35)4-5-17(44)22(19)38/h2-5,11,18,23,44-46,54H,1,6-10H2,(H,39,47)(H,40,48)(H,41,53)(H,51,52)/t18-,23?/m0/s1. The summed E-state index contributed by atoms with van der Waals surface area (Å²) < 4.78 is 61.9. The van der Waals surface area contributed by atoms with Crippen molar-refractivity contribution in [3.8, 4) is 23.0 Å². The molecule has 0 aliphatic carbocycles. The minimum absolute atomic E-state index is 0.0324. The highest BCUT2D eigenvalue weighted by Gasteiger charge is 2.42. The summed E-state index contributed by atoms with van der Waals surface area (Å²) in [5, 5.41) is 55.1. The second-order valence-electron chi connectivity index (χ2n) is 12.0. The van der Waals surface area contributed by atoms with Crippen molar-refractivity contribution >= 4 is 54.3 Å². The largest absolute Gasteiger partial charge is 0.547 e. The number of amides is 6. The van der Waals surface area contributed by atoms with Gasteiger partial charge in [0.2, 0.25) is 5.91 Å². The van der Waals surface area contributed by atoms with E-state index < -0.39 is 129 Å². The average molecular weight is 796 g/mol. The third-order valence-corrected chi connectivity index (χ3v) is 8.93. The van der Waals surface area contributed by atoms with Gasteiger partial charge in [0.1, 0.15) is 34.6 Å². The summed E-state index contributed by atoms with van der Waals surface area (Å²) in [7, 11) is -2.01. The summed E-state index contributed by atoms with van der Waals surface area (Å²) in [4.78, 5) is 78.2. The van der Waals surface area contributed by atoms with Crippen LogP contribution >= 0.6 is 11.6 Å². The summed E-state index contributed by atoms with van der Waals surface area (Å²) in [6.45, 7) is -1.19. The van der Waals surface area contributed by atoms with Crippen LogP contribution in [0.4, 0.5) is 22.4 Å². The van der Waals surface area contributed by atoms with Gasteiger partial charge in [-0.15, -0.1) is 0 Å². The summed E-state index contributed by atoms with van der Waals surface area (Å²) in [5.41, 5.74) is -2.57. The van der Waals surface area contributed by atoms with Gasteiger partial charge in [0.15, 0.2) is 28.9 Å². The first-order valence-corrected chi connectivity index (χ1v) is 16.3. The molecule has 0 aromatic heterocycles. The molecule has 0 spiro atoms. The Hall–Kier alpha value is -6.29. The van der Waals surface area contributed by atoms with E-state index in [0.29, 0.717) is 17.0 Å². The number of nitrogens with one attached hydrogen (secondary N) is 3. The molecule has 23 heteroatoms. The molecular weight excluding hydrogens is 769 g/mol. The predicted molar refractivity (Wildman–Crippen MR) is 177 cm³/mol. The van der Waals surface area contributed by atoms with E-state index >= 15 is 0 Å². The molecule has 5 rings (SSSR count). The first kappa shape index (κ1) is 39.9. The molecule has 290 valence electrons. The number of aromatic hydroxyl groups is 3. The number of carboxylic acid groups (broad SMARTS) is 1. The number of carboxylic acids is 1. The number of benzene rings is 3. The van der Waals surface area contributed by atoms with Gasteiger partial charge >= 0.3 is 30.9 Å². The number of fused-ring (bicyclic) bond motifs is 1. The van der Waals surface area contributed by atoms with Crippen molar-refractivity contribution in [2.24, 2.45) is 0 Å². The maximum Gasteiger partial charge on any atom is 0.547 e. The Bertz CT molecular complexity index is 2130. The molecule has 1 fully saturated rings. The van der Waals surface area contributed by atoms with Crippen molar-refractivity contribution in [3.63, 3.8) is 0 Å². The number of rotatable bonds is 10. The van der Waals surface area contributed by atoms with Gasteiger partial charge in [-0.05, 0) is 42.7 Å². The zero-order valence-corrected chi connectivity index (χ0v) is 28.5. The van der Waals surface area contributed by atoms with Crippen LogP contribution in [0.3, 0.4) is 0 Å². The van der Waals surface area contributed by atoms with Crippen molar-refractivity contribution < 1.29 is 76.4 Å². The number of hydrogen-bond acceptors (Lipinski definition) is 11. The minimum atomic E-state index is -2.12. The topological polar surface area (TPSA) is 255 Å². The van der Waals surface area contributed by atoms with Gasteiger partial charge in [0, 0.05) is 31.7 Å². The lowest BCUT2D eigenvalue weighted by Gasteiger charge is -2.34. The lowest BCUT2D eigenvalue weighted by molar-refractivity contribution is -0.153. The van der Waals surface area contributed by atoms with Gasteiger partial charge < -0.3 is 51.0 Å². The van der Waals surface area contributed by atoms with E-state index in [1.54, 1.807) is 0 Å². The Morgan fingerprint density at radius 2 is 1.62 bits per heavy atom. The van der Waals surface area contributed by atoms with E-state index in [4.69, 9.17) is 16.3 Å². The van der Waals surface area contributed by atoms with Gasteiger partial charge in [-0.1, -0.05) is 17.7 Å². The highest BCUT2D eigenvalue weighted by molar-refractivity contribution is 6.47. The molecule has 2 aliphatic heterocycles. The van der Waals surface area contributed by atoms with E-state index in [-0.39, 0.29) is 38.0 Å². The van der Waals surface area contributed by atoms with Crippen LogP contribution in [0.2, 0.25) is 5.02 Å². The normalized spacial score (nSPS) is 15.9. The maximum absolute atomic E-state index is 14.6. The van der Waals surface area contributed by atoms with E-state index in [9.17, 15) is 71.8 Å². The smallest absolute Gasteiger partial charge is 0.534 e. The fraction of sp³-hybridized carbons (Fsp3) is 0.250. The van der Waals surface area contributed by atoms with E-state index in [1.807, 2.05) is 0 Å². The summed E-state index contributed by atoms with van der Waals surface area (Å²) in [5.74, 6) is -17.7. The molecule has 2 aliphatic rings. The average Bonchev–Trinajstić information content (AvgIpc) is 3.13. The fourth-order valence-corrected chi connectivity index (χ4v) is 5.99. The number of nitrogens with zero attached hydrogens (tertiary/aromatic N) is 2. The third kappa shape index (κ3) is 7.99. The molecule has 0 saturated carbocycles. The second kappa shape index (κ2) is 16.0. The molecule has 2 heterocycles. The van der Waals surface area contributed by atoms with Crippen LogP contribution in [0.1, 0.15) is 44.3 Å². The SMILES string of the molecule is O=C(NCCCN1CCN(C(=O)NC(C(=O)N[C@H]2Cc3ccc(F)c(C(=O)O)c3OB2O)c2cc(F)c(O)c(O)c2Cl)C(=O)C1=O)c1c(F)ccc(O)c1F. The lowest BCUT2D eigenvalue weighted by Crippen LogP contribution is -2.60. The van der Waals surface area contributed by atoms with Crippen molar-refractivity contribution in [1.29, 1.82) is 0 Å². The van der Waals surface area contributed by atoms with Crippen LogP contribution in [-0.4, -0.2) is 110 Å². The van der Waals surface area contributed by atoms with Crippen LogP contribution in [0.15, 0.2) is 30.3 Å². The summed E-state index contributed by atoms with van der Waals surface area (Å²) in [6.07, 6.45) is -0.405. The number of carbonyl (C=O) groups excluding carboxylic acids is 5. The van der Waals surface area contributed by atoms with Crippen molar-refractivity contribution in [2.75, 3.05) is 26.2 Å². The van der Waals surface area contributed by atoms with Crippen LogP contribution in [0.5, 0.6) is 23.0 Å². The molecule has 2 atom stereocenters. The number of carbonyl (C=O) groups is 6. The van der Waals surface area contributed by atoms with Crippen molar-refractivity contribution in [1.82, 2.24) is 25.8 Å². The molecule has 55 heavy (non-hydrogen) atoms. The number of hydrogen-bond donors (Lipinski definition) is 8. The summed E-state index contributed by atoms with van der Waals surface area (Å²) in [6, 6.07) is 0.285. The van der Waals surface area contributed by atoms with E-state index in [2.05, 4.69) is 16.0 Å². The molecule has 3 aromatic carbocycles. The van der Waals surface area contributed by atoms with E-state index in [0.717, 1.165) is 23.1 Å². The highest BCUT2D eigenvalue weighted by Crippen LogP contribution is 2.41. The van der Waals surface area contributed by atoms with Crippen LogP contribution in [-0.2, 0) is 20.8 Å². The van der Waals surface area contributed by atoms with Gasteiger partial charge in [-0.25, -0.2) is 27.2 Å². The quantitative estimate of drug-likeness (QED) is 0.0472. The van der Waals surface area contributed by atoms with Crippen LogP contribution < -0.4 is 20.6 Å². The molecular formula is C32H27BClF4N5O12. The highest BCUT2D eigenvalue weighted by atomic mass is 35.5. The molecule has 0 bridgehead atoms. The lowest BCUT2D eigenvalue weighted by atomic mass is 9.72. The number of urea groups is 1. The Balaban J connectivity index is 1.28. The first-order valence-electron chi connectivity index (χ1n) is 15.9. The predicted octanol–water partition coefficient (Wildman–Crippen LogP) is 1.09. The Morgan fingerprint density at radius 3 is 2.31 bits per heavy atom. The van der Waals surface area contributed by atoms with Crippen molar-refractivity contribution in [2.45, 2.75) is 24.8 Å². The molecule has 3 aromatic rings. The molecule has 17 nitrogen and oxygen atoms in total. The number of halogens is 5. The molecule has 1 unspecified atom stereocenters. The number of imide groups is 1. The Kier molecular flexibility index (Phi) is 11.6. The number of aromatic carboxylic acids is 1. The molecule has 1 saturated heterocycles. The van der Waals surface area contributed by atoms with Gasteiger partial charge in [-0.3, -0.25) is 24.1 Å². The van der Waals surface area contributed by atoms with Crippen molar-refractivity contribution in [3.05, 3.63) is 80.9 Å². The summed E-state index contributed by atoms with van der Waals surface area (Å²) >= 11 is 6.10. The zero-order chi connectivity index (χ0) is 40.5. The molecule has 6 amide bonds. The fourth-order valence-electron chi connectivity index (χ4n) is 5.73. The van der Waals surface area contributed by atoms with Gasteiger partial charge in [0.05, 0.1) is 11.0 Å². The van der Waals surface area contributed by atoms with E-state index in [1.165, 1.54) is 0 Å². The monoisotopic (exact) mass is 795 g/mol. The molecule has 8 N–H and O–H groups in total. The third-order valence-electron chi connectivity index (χ3n) is 8.53. The first-order chi connectivity index (χ1) is 25.9. The Labute approximate surface area is 311 Å².